The van der Waals surface area contributed by atoms with E-state index in [9.17, 15) is 14.5 Å². The number of rotatable bonds is 8. The molecular formula is C27H30FN3O4. The molecule has 5 rings (SSSR count). The topological polar surface area (TPSA) is 77.7 Å². The van der Waals surface area contributed by atoms with Crippen LogP contribution in [-0.4, -0.2) is 48.7 Å². The molecule has 184 valence electrons. The van der Waals surface area contributed by atoms with Gasteiger partial charge in [0.25, 0.3) is 5.69 Å². The van der Waals surface area contributed by atoms with Crippen molar-refractivity contribution in [2.45, 2.75) is 25.7 Å². The van der Waals surface area contributed by atoms with Gasteiger partial charge in [0, 0.05) is 36.8 Å². The number of nitro benzene ring substituents is 1. The smallest absolute Gasteiger partial charge is 0.272 e. The summed E-state index contributed by atoms with van der Waals surface area (Å²) >= 11 is 0. The molecule has 1 aromatic heterocycles. The second-order valence-corrected chi connectivity index (χ2v) is 9.91. The largest absolute Gasteiger partial charge is 0.493 e. The number of halogens is 1. The van der Waals surface area contributed by atoms with Crippen molar-refractivity contribution in [3.8, 4) is 11.5 Å². The first-order valence-corrected chi connectivity index (χ1v) is 12.1. The van der Waals surface area contributed by atoms with Gasteiger partial charge < -0.3 is 14.4 Å². The number of non-ortho nitro benzene ring substituents is 1. The number of aryl methyl sites for hydroxylation is 2. The van der Waals surface area contributed by atoms with Crippen LogP contribution in [0.2, 0.25) is 0 Å². The number of methoxy groups -OCH3 is 1. The van der Waals surface area contributed by atoms with Crippen LogP contribution < -0.4 is 9.47 Å². The van der Waals surface area contributed by atoms with Crippen molar-refractivity contribution in [3.63, 3.8) is 0 Å². The third kappa shape index (κ3) is 4.93. The van der Waals surface area contributed by atoms with E-state index >= 15 is 0 Å². The molecule has 0 spiro atoms. The molecule has 0 radical (unpaired) electrons. The molecule has 2 aliphatic rings. The minimum Gasteiger partial charge on any atom is -0.493 e. The molecule has 2 atom stereocenters. The lowest BCUT2D eigenvalue weighted by Gasteiger charge is -2.17. The zero-order chi connectivity index (χ0) is 24.5. The summed E-state index contributed by atoms with van der Waals surface area (Å²) in [7, 11) is 3.83. The van der Waals surface area contributed by atoms with Crippen LogP contribution in [-0.2, 0) is 12.8 Å². The molecule has 0 N–H and O–H groups in total. The molecule has 0 bridgehead atoms. The first-order valence-electron chi connectivity index (χ1n) is 12.1. The van der Waals surface area contributed by atoms with Crippen molar-refractivity contribution in [1.82, 2.24) is 9.88 Å². The molecular weight excluding hydrogens is 449 g/mol. The normalized spacial score (nSPS) is 21.9. The first-order chi connectivity index (χ1) is 16.9. The van der Waals surface area contributed by atoms with Crippen LogP contribution in [0.3, 0.4) is 0 Å². The summed E-state index contributed by atoms with van der Waals surface area (Å²) in [5.74, 6) is 2.93. The second kappa shape index (κ2) is 9.77. The lowest BCUT2D eigenvalue weighted by atomic mass is 10.00. The van der Waals surface area contributed by atoms with Gasteiger partial charge in [0.05, 0.1) is 30.2 Å². The number of fused-ring (bicyclic) bond motifs is 2. The number of hydrogen-bond donors (Lipinski definition) is 0. The van der Waals surface area contributed by atoms with Gasteiger partial charge in [-0.15, -0.1) is 0 Å². The van der Waals surface area contributed by atoms with E-state index in [1.165, 1.54) is 38.1 Å². The Bertz CT molecular complexity index is 1240. The Kier molecular flexibility index (Phi) is 6.56. The maximum absolute atomic E-state index is 14.3. The van der Waals surface area contributed by atoms with Crippen LogP contribution in [0.25, 0.3) is 10.9 Å². The molecule has 2 aromatic carbocycles. The molecule has 8 heteroatoms. The molecule has 0 amide bonds. The third-order valence-electron chi connectivity index (χ3n) is 7.53. The summed E-state index contributed by atoms with van der Waals surface area (Å²) < 4.78 is 26.2. The second-order valence-electron chi connectivity index (χ2n) is 9.91. The van der Waals surface area contributed by atoms with E-state index in [2.05, 4.69) is 16.9 Å². The fourth-order valence-electron chi connectivity index (χ4n) is 5.83. The highest BCUT2D eigenvalue weighted by Crippen LogP contribution is 2.42. The highest BCUT2D eigenvalue weighted by Gasteiger charge is 2.39. The summed E-state index contributed by atoms with van der Waals surface area (Å²) in [5, 5.41) is 11.8. The van der Waals surface area contributed by atoms with E-state index in [0.29, 0.717) is 42.4 Å². The van der Waals surface area contributed by atoms with E-state index in [1.807, 2.05) is 18.2 Å². The Balaban J connectivity index is 1.30. The molecule has 35 heavy (non-hydrogen) atoms. The number of likely N-dealkylation sites (tertiary alicyclic amines) is 1. The quantitative estimate of drug-likeness (QED) is 0.333. The van der Waals surface area contributed by atoms with Crippen molar-refractivity contribution in [1.29, 1.82) is 0 Å². The van der Waals surface area contributed by atoms with Gasteiger partial charge in [-0.25, -0.2) is 4.39 Å². The average Bonchev–Trinajstić information content (AvgIpc) is 3.38. The number of hydrogen-bond acceptors (Lipinski definition) is 6. The molecule has 1 saturated carbocycles. The van der Waals surface area contributed by atoms with Crippen molar-refractivity contribution in [2.75, 3.05) is 33.9 Å². The Morgan fingerprint density at radius 3 is 2.51 bits per heavy atom. The average molecular weight is 480 g/mol. The van der Waals surface area contributed by atoms with E-state index in [-0.39, 0.29) is 5.69 Å². The van der Waals surface area contributed by atoms with Crippen molar-refractivity contribution < 1.29 is 18.8 Å². The standard InChI is InChI=1S/C27H30FN3O4/c1-30-14-20-9-17(10-21(20)15-30)16-35-27-13-25-23(12-26(27)34-2)18(7-8-29-25)3-4-19-5-6-22(31(32)33)11-24(19)28/h5-8,11-13,17,20-21H,3-4,9-10,14-16H2,1-2H3. The lowest BCUT2D eigenvalue weighted by Crippen LogP contribution is -2.18. The Morgan fingerprint density at radius 2 is 1.83 bits per heavy atom. The number of nitrogens with zero attached hydrogens (tertiary/aromatic N) is 3. The molecule has 2 unspecified atom stereocenters. The summed E-state index contributed by atoms with van der Waals surface area (Å²) in [6.45, 7) is 3.06. The van der Waals surface area contributed by atoms with Gasteiger partial charge in [-0.1, -0.05) is 0 Å². The van der Waals surface area contributed by atoms with Crippen LogP contribution >= 0.6 is 0 Å². The predicted octanol–water partition coefficient (Wildman–Crippen LogP) is 5.04. The van der Waals surface area contributed by atoms with E-state index < -0.39 is 10.7 Å². The fourth-order valence-corrected chi connectivity index (χ4v) is 5.83. The molecule has 2 heterocycles. The number of ether oxygens (including phenoxy) is 2. The van der Waals surface area contributed by atoms with Crippen LogP contribution in [0.15, 0.2) is 42.6 Å². The van der Waals surface area contributed by atoms with Gasteiger partial charge in [-0.3, -0.25) is 15.1 Å². The predicted molar refractivity (Wildman–Crippen MR) is 131 cm³/mol. The highest BCUT2D eigenvalue weighted by atomic mass is 19.1. The molecule has 7 nitrogen and oxygen atoms in total. The van der Waals surface area contributed by atoms with Gasteiger partial charge in [-0.2, -0.15) is 0 Å². The van der Waals surface area contributed by atoms with Gasteiger partial charge in [0.1, 0.15) is 5.82 Å². The molecule has 3 aromatic rings. The summed E-state index contributed by atoms with van der Waals surface area (Å²) in [6.07, 6.45) is 5.16. The highest BCUT2D eigenvalue weighted by molar-refractivity contribution is 5.85. The summed E-state index contributed by atoms with van der Waals surface area (Å²) in [6, 6.07) is 9.58. The van der Waals surface area contributed by atoms with Crippen LogP contribution in [0, 0.1) is 33.7 Å². The summed E-state index contributed by atoms with van der Waals surface area (Å²) in [5.41, 5.74) is 2.00. The number of aromatic nitrogens is 1. The SMILES string of the molecule is COc1cc2c(CCc3ccc([N+](=O)[O-])cc3F)ccnc2cc1OCC1CC2CN(C)CC2C1. The van der Waals surface area contributed by atoms with Crippen molar-refractivity contribution >= 4 is 16.6 Å². The van der Waals surface area contributed by atoms with Gasteiger partial charge in [0.2, 0.25) is 0 Å². The third-order valence-corrected chi connectivity index (χ3v) is 7.53. The molecule has 1 aliphatic carbocycles. The van der Waals surface area contributed by atoms with E-state index in [4.69, 9.17) is 9.47 Å². The molecule has 1 aliphatic heterocycles. The van der Waals surface area contributed by atoms with Crippen LogP contribution in [0.1, 0.15) is 24.0 Å². The summed E-state index contributed by atoms with van der Waals surface area (Å²) in [4.78, 5) is 17.2. The van der Waals surface area contributed by atoms with Crippen molar-refractivity contribution in [3.05, 3.63) is 69.7 Å². The minimum absolute atomic E-state index is 0.244. The van der Waals surface area contributed by atoms with Gasteiger partial charge in [-0.05, 0) is 79.8 Å². The number of pyridine rings is 1. The Labute approximate surface area is 204 Å². The zero-order valence-corrected chi connectivity index (χ0v) is 20.1. The lowest BCUT2D eigenvalue weighted by molar-refractivity contribution is -0.385. The van der Waals surface area contributed by atoms with Crippen LogP contribution in [0.4, 0.5) is 10.1 Å². The Hall–Kier alpha value is -3.26. The zero-order valence-electron chi connectivity index (χ0n) is 20.1. The first kappa shape index (κ1) is 23.5. The van der Waals surface area contributed by atoms with Crippen molar-refractivity contribution in [2.24, 2.45) is 17.8 Å². The maximum atomic E-state index is 14.3. The van der Waals surface area contributed by atoms with Gasteiger partial charge >= 0.3 is 0 Å². The fraction of sp³-hybridized carbons (Fsp3) is 0.444. The van der Waals surface area contributed by atoms with E-state index in [0.717, 1.165) is 34.4 Å². The Morgan fingerprint density at radius 1 is 1.09 bits per heavy atom. The molecule has 1 saturated heterocycles. The molecule has 2 fully saturated rings. The van der Waals surface area contributed by atoms with Gasteiger partial charge in [0.15, 0.2) is 11.5 Å². The monoisotopic (exact) mass is 479 g/mol. The number of benzene rings is 2. The minimum atomic E-state index is -0.591. The van der Waals surface area contributed by atoms with Crippen LogP contribution in [0.5, 0.6) is 11.5 Å². The van der Waals surface area contributed by atoms with E-state index in [1.54, 1.807) is 13.3 Å². The maximum Gasteiger partial charge on any atom is 0.272 e. The number of nitro groups is 1.